The second kappa shape index (κ2) is 12.6. The van der Waals surface area contributed by atoms with E-state index in [2.05, 4.69) is 161 Å². The first-order chi connectivity index (χ1) is 28.3. The highest BCUT2D eigenvalue weighted by Crippen LogP contribution is 2.46. The fourth-order valence-electron chi connectivity index (χ4n) is 8.65. The summed E-state index contributed by atoms with van der Waals surface area (Å²) in [7, 11) is 0. The minimum absolute atomic E-state index is 0.636. The van der Waals surface area contributed by atoms with Gasteiger partial charge in [-0.2, -0.15) is 0 Å². The minimum atomic E-state index is 0.636. The van der Waals surface area contributed by atoms with Gasteiger partial charge in [0, 0.05) is 65.1 Å². The van der Waals surface area contributed by atoms with Gasteiger partial charge in [0.1, 0.15) is 0 Å². The van der Waals surface area contributed by atoms with E-state index in [0.717, 1.165) is 39.0 Å². The summed E-state index contributed by atoms with van der Waals surface area (Å²) in [6.45, 7) is 0. The highest BCUT2D eigenvalue weighted by Gasteiger charge is 2.23. The molecule has 0 spiro atoms. The van der Waals surface area contributed by atoms with Gasteiger partial charge >= 0.3 is 0 Å². The number of benzene rings is 8. The van der Waals surface area contributed by atoms with Crippen LogP contribution in [-0.4, -0.2) is 24.1 Å². The largest absolute Gasteiger partial charge is 0.309 e. The number of aromatic nitrogens is 5. The molecule has 0 aliphatic carbocycles. The van der Waals surface area contributed by atoms with Crippen LogP contribution in [0, 0.1) is 0 Å². The van der Waals surface area contributed by atoms with Crippen LogP contribution in [0.3, 0.4) is 0 Å². The second-order valence-electron chi connectivity index (χ2n) is 14.4. The Bertz CT molecular complexity index is 3400. The third-order valence-electron chi connectivity index (χ3n) is 11.2. The van der Waals surface area contributed by atoms with Crippen LogP contribution < -0.4 is 0 Å². The molecule has 57 heavy (non-hydrogen) atoms. The van der Waals surface area contributed by atoms with E-state index in [4.69, 9.17) is 15.0 Å². The first-order valence-corrected chi connectivity index (χ1v) is 19.9. The van der Waals surface area contributed by atoms with E-state index in [9.17, 15) is 0 Å². The summed E-state index contributed by atoms with van der Waals surface area (Å²) in [6, 6.07) is 66.6. The molecule has 0 amide bonds. The van der Waals surface area contributed by atoms with Crippen molar-refractivity contribution in [2.24, 2.45) is 0 Å². The Labute approximate surface area is 331 Å². The van der Waals surface area contributed by atoms with Crippen molar-refractivity contribution in [3.05, 3.63) is 188 Å². The van der Waals surface area contributed by atoms with Crippen LogP contribution in [0.15, 0.2) is 188 Å². The van der Waals surface area contributed by atoms with Crippen LogP contribution in [0.1, 0.15) is 0 Å². The third-order valence-corrected chi connectivity index (χ3v) is 12.4. The lowest BCUT2D eigenvalue weighted by Gasteiger charge is -2.13. The summed E-state index contributed by atoms with van der Waals surface area (Å²) in [6.07, 6.45) is 0. The van der Waals surface area contributed by atoms with E-state index >= 15 is 0 Å². The molecule has 12 rings (SSSR count). The van der Waals surface area contributed by atoms with Crippen molar-refractivity contribution in [2.75, 3.05) is 0 Å². The van der Waals surface area contributed by atoms with Gasteiger partial charge < -0.3 is 9.13 Å². The monoisotopic (exact) mass is 745 g/mol. The molecule has 4 heterocycles. The summed E-state index contributed by atoms with van der Waals surface area (Å²) in [5.41, 5.74) is 9.75. The first-order valence-electron chi connectivity index (χ1n) is 19.1. The van der Waals surface area contributed by atoms with E-state index in [1.807, 2.05) is 47.7 Å². The fourth-order valence-corrected chi connectivity index (χ4v) is 9.87. The molecule has 266 valence electrons. The van der Waals surface area contributed by atoms with Crippen molar-refractivity contribution in [3.8, 4) is 45.5 Å². The molecule has 5 nitrogen and oxygen atoms in total. The number of hydrogen-bond donors (Lipinski definition) is 0. The van der Waals surface area contributed by atoms with Gasteiger partial charge in [-0.3, -0.25) is 0 Å². The molecule has 0 aliphatic rings. The Morgan fingerprint density at radius 3 is 1.56 bits per heavy atom. The van der Waals surface area contributed by atoms with Crippen molar-refractivity contribution in [3.63, 3.8) is 0 Å². The smallest absolute Gasteiger partial charge is 0.166 e. The molecular weight excluding hydrogens is 715 g/mol. The summed E-state index contributed by atoms with van der Waals surface area (Å²) in [4.78, 5) is 15.4. The van der Waals surface area contributed by atoms with E-state index in [-0.39, 0.29) is 0 Å². The van der Waals surface area contributed by atoms with Crippen molar-refractivity contribution in [2.45, 2.75) is 0 Å². The van der Waals surface area contributed by atoms with Crippen LogP contribution >= 0.6 is 11.3 Å². The maximum absolute atomic E-state index is 5.19. The highest BCUT2D eigenvalue weighted by atomic mass is 32.1. The Kier molecular flexibility index (Phi) is 7.03. The van der Waals surface area contributed by atoms with Gasteiger partial charge in [0.05, 0.1) is 26.8 Å². The molecule has 0 saturated carbocycles. The molecule has 0 radical (unpaired) electrons. The molecule has 4 aromatic heterocycles. The van der Waals surface area contributed by atoms with Crippen molar-refractivity contribution >= 4 is 75.1 Å². The molecule has 0 fully saturated rings. The van der Waals surface area contributed by atoms with Crippen molar-refractivity contribution in [1.29, 1.82) is 0 Å². The lowest BCUT2D eigenvalue weighted by atomic mass is 10.1. The predicted molar refractivity (Wildman–Crippen MR) is 238 cm³/mol. The normalized spacial score (nSPS) is 11.9. The van der Waals surface area contributed by atoms with Crippen LogP contribution in [-0.2, 0) is 0 Å². The van der Waals surface area contributed by atoms with E-state index < -0.39 is 0 Å². The summed E-state index contributed by atoms with van der Waals surface area (Å²) in [5, 5.41) is 7.36. The molecule has 0 unspecified atom stereocenters. The molecule has 12 aromatic rings. The fraction of sp³-hybridized carbons (Fsp3) is 0. The van der Waals surface area contributed by atoms with Crippen LogP contribution in [0.5, 0.6) is 0 Å². The number of rotatable bonds is 5. The lowest BCUT2D eigenvalue weighted by molar-refractivity contribution is 1.07. The van der Waals surface area contributed by atoms with Crippen LogP contribution in [0.2, 0.25) is 0 Å². The summed E-state index contributed by atoms with van der Waals surface area (Å²) in [5.74, 6) is 1.92. The molecular formula is C51H31N5S. The topological polar surface area (TPSA) is 48.5 Å². The molecule has 8 aromatic carbocycles. The Balaban J connectivity index is 1.15. The van der Waals surface area contributed by atoms with Gasteiger partial charge in [0.2, 0.25) is 0 Å². The Morgan fingerprint density at radius 2 is 0.895 bits per heavy atom. The first kappa shape index (κ1) is 31.9. The molecule has 0 atom stereocenters. The Morgan fingerprint density at radius 1 is 0.351 bits per heavy atom. The third kappa shape index (κ3) is 4.91. The van der Waals surface area contributed by atoms with Crippen LogP contribution in [0.4, 0.5) is 0 Å². The number of thiophene rings is 1. The molecule has 6 heteroatoms. The number of hydrogen-bond acceptors (Lipinski definition) is 4. The average Bonchev–Trinajstić information content (AvgIpc) is 3.95. The van der Waals surface area contributed by atoms with Crippen LogP contribution in [0.25, 0.3) is 109 Å². The Hall–Kier alpha value is -7.41. The van der Waals surface area contributed by atoms with Gasteiger partial charge in [-0.25, -0.2) is 15.0 Å². The van der Waals surface area contributed by atoms with Gasteiger partial charge in [-0.15, -0.1) is 11.3 Å². The molecule has 0 aliphatic heterocycles. The van der Waals surface area contributed by atoms with Gasteiger partial charge in [-0.05, 0) is 48.5 Å². The number of fused-ring (bicyclic) bond motifs is 10. The minimum Gasteiger partial charge on any atom is -0.309 e. The predicted octanol–water partition coefficient (Wildman–Crippen LogP) is 13.4. The molecule has 0 saturated heterocycles. The second-order valence-corrected chi connectivity index (χ2v) is 15.5. The van der Waals surface area contributed by atoms with Gasteiger partial charge in [0.25, 0.3) is 0 Å². The van der Waals surface area contributed by atoms with Gasteiger partial charge in [-0.1, -0.05) is 140 Å². The maximum Gasteiger partial charge on any atom is 0.166 e. The highest BCUT2D eigenvalue weighted by molar-refractivity contribution is 7.26. The van der Waals surface area contributed by atoms with Gasteiger partial charge in [0.15, 0.2) is 17.5 Å². The molecule has 0 bridgehead atoms. The zero-order valence-corrected chi connectivity index (χ0v) is 31.4. The SMILES string of the molecule is c1ccc(-c2nc(-c3ccccc3)nc(-c3cccc4c5ccc6c7cc(-n8c9ccccc9c9ccccc98)ccc7sc6c5n(-c5ccccc5)c34)n2)cc1. The number of nitrogens with zero attached hydrogens (tertiary/aromatic N) is 5. The quantitative estimate of drug-likeness (QED) is 0.176. The zero-order valence-electron chi connectivity index (χ0n) is 30.5. The standard InChI is InChI=1S/C51H31N5S/c1-4-15-32(16-5-1)49-52-50(33-17-6-2-7-18-33)54-51(53-49)41-24-14-23-38-39-28-29-40-42-31-35(55-43-25-12-10-21-36(43)37-22-11-13-26-44(37)55)27-30-45(42)57-48(40)47(39)56(46(38)41)34-19-8-3-9-20-34/h1-31H. The lowest BCUT2D eigenvalue weighted by Crippen LogP contribution is -2.02. The maximum atomic E-state index is 5.19. The van der Waals surface area contributed by atoms with Crippen molar-refractivity contribution in [1.82, 2.24) is 24.1 Å². The average molecular weight is 746 g/mol. The number of para-hydroxylation sites is 4. The molecule has 0 N–H and O–H groups in total. The van der Waals surface area contributed by atoms with E-state index in [1.54, 1.807) is 0 Å². The van der Waals surface area contributed by atoms with Crippen molar-refractivity contribution < 1.29 is 0 Å². The summed E-state index contributed by atoms with van der Waals surface area (Å²) >= 11 is 1.86. The zero-order chi connectivity index (χ0) is 37.5. The van der Waals surface area contributed by atoms with E-state index in [0.29, 0.717) is 17.5 Å². The summed E-state index contributed by atoms with van der Waals surface area (Å²) < 4.78 is 7.34. The van der Waals surface area contributed by atoms with E-state index in [1.165, 1.54) is 52.9 Å².